The van der Waals surface area contributed by atoms with Gasteiger partial charge in [-0.3, -0.25) is 23.9 Å². The van der Waals surface area contributed by atoms with Gasteiger partial charge in [-0.05, 0) is 49.4 Å². The molecule has 1 aliphatic rings. The average Bonchev–Trinajstić information content (AvgIpc) is 3.13. The molecular formula is C30H32F7N5O5S. The van der Waals surface area contributed by atoms with Crippen molar-refractivity contribution in [1.29, 1.82) is 0 Å². The molecule has 4 atom stereocenters. The third-order valence-electron chi connectivity index (χ3n) is 7.24. The maximum absolute atomic E-state index is 14.2. The van der Waals surface area contributed by atoms with Crippen LogP contribution in [0.1, 0.15) is 42.4 Å². The summed E-state index contributed by atoms with van der Waals surface area (Å²) in [5.41, 5.74) is 6.91. The van der Waals surface area contributed by atoms with E-state index in [1.807, 2.05) is 0 Å². The zero-order chi connectivity index (χ0) is 35.8. The van der Waals surface area contributed by atoms with Crippen molar-refractivity contribution in [2.75, 3.05) is 18.2 Å². The zero-order valence-corrected chi connectivity index (χ0v) is 26.3. The Morgan fingerprint density at radius 2 is 1.60 bits per heavy atom. The van der Waals surface area contributed by atoms with E-state index in [4.69, 9.17) is 5.73 Å². The molecule has 0 spiro atoms. The van der Waals surface area contributed by atoms with Crippen molar-refractivity contribution in [2.45, 2.75) is 57.2 Å². The summed E-state index contributed by atoms with van der Waals surface area (Å²) < 4.78 is 101. The Morgan fingerprint density at radius 3 is 2.19 bits per heavy atom. The van der Waals surface area contributed by atoms with E-state index in [0.717, 1.165) is 19.2 Å². The average molecular weight is 708 g/mol. The number of fused-ring (bicyclic) bond motifs is 1. The minimum absolute atomic E-state index is 0.0217. The van der Waals surface area contributed by atoms with Crippen LogP contribution in [0.2, 0.25) is 0 Å². The van der Waals surface area contributed by atoms with E-state index in [1.54, 1.807) is 25.1 Å². The highest BCUT2D eigenvalue weighted by atomic mass is 32.2. The molecule has 3 amide bonds. The lowest BCUT2D eigenvalue weighted by atomic mass is 9.83. The Labute approximate surface area is 274 Å². The normalized spacial score (nSPS) is 16.8. The van der Waals surface area contributed by atoms with Gasteiger partial charge in [-0.2, -0.15) is 26.3 Å². The molecule has 0 bridgehead atoms. The van der Waals surface area contributed by atoms with Crippen LogP contribution >= 0.6 is 11.9 Å². The first kappa shape index (κ1) is 38.3. The van der Waals surface area contributed by atoms with Crippen LogP contribution in [0.3, 0.4) is 0 Å². The van der Waals surface area contributed by atoms with Gasteiger partial charge in [0.25, 0.3) is 5.91 Å². The van der Waals surface area contributed by atoms with Crippen LogP contribution < -0.4 is 21.1 Å². The number of alkyl halides is 6. The molecule has 10 nitrogen and oxygen atoms in total. The fraction of sp³-hybridized carbons (Fsp3) is 0.433. The molecule has 2 aromatic rings. The number of nitrogens with zero attached hydrogens (tertiary/aromatic N) is 1. The third kappa shape index (κ3) is 10.9. The predicted octanol–water partition coefficient (Wildman–Crippen LogP) is 4.55. The SMILES string of the molecule is COC(=O)C(N)CSNC(=O)C(CCC(F)(F)F)C(CCC(F)(F)F)C(=O)N[C@H]1N=C(c2cccc(F)c2)c2cccc(C)c2NC1=O. The van der Waals surface area contributed by atoms with Crippen LogP contribution in [0, 0.1) is 24.6 Å². The van der Waals surface area contributed by atoms with Crippen LogP contribution in [-0.4, -0.2) is 66.8 Å². The second-order valence-electron chi connectivity index (χ2n) is 10.8. The Bertz CT molecular complexity index is 1540. The third-order valence-corrected chi connectivity index (χ3v) is 8.11. The van der Waals surface area contributed by atoms with Crippen LogP contribution in [0.25, 0.3) is 0 Å². The lowest BCUT2D eigenvalue weighted by molar-refractivity contribution is -0.152. The highest BCUT2D eigenvalue weighted by Gasteiger charge is 2.41. The van der Waals surface area contributed by atoms with Gasteiger partial charge < -0.3 is 21.1 Å². The quantitative estimate of drug-likeness (QED) is 0.136. The summed E-state index contributed by atoms with van der Waals surface area (Å²) in [4.78, 5) is 56.0. The van der Waals surface area contributed by atoms with E-state index >= 15 is 0 Å². The van der Waals surface area contributed by atoms with Crippen LogP contribution in [-0.2, 0) is 23.9 Å². The first-order valence-corrected chi connectivity index (χ1v) is 15.3. The van der Waals surface area contributed by atoms with Crippen molar-refractivity contribution in [3.63, 3.8) is 0 Å². The van der Waals surface area contributed by atoms with Crippen molar-refractivity contribution in [2.24, 2.45) is 22.6 Å². The fourth-order valence-electron chi connectivity index (χ4n) is 4.85. The number of benzene rings is 2. The molecule has 1 aliphatic heterocycles. The smallest absolute Gasteiger partial charge is 0.389 e. The number of methoxy groups -OCH3 is 1. The molecule has 262 valence electrons. The number of benzodiazepines with no additional fused rings is 1. The molecule has 0 radical (unpaired) electrons. The summed E-state index contributed by atoms with van der Waals surface area (Å²) in [7, 11) is 1.04. The Hall–Kier alpha value is -4.19. The summed E-state index contributed by atoms with van der Waals surface area (Å²) in [6.45, 7) is 1.65. The van der Waals surface area contributed by atoms with Crippen molar-refractivity contribution in [3.8, 4) is 0 Å². The number of anilines is 1. The number of carbonyl (C=O) groups is 4. The maximum atomic E-state index is 14.2. The van der Waals surface area contributed by atoms with Crippen molar-refractivity contribution >= 4 is 47.0 Å². The highest BCUT2D eigenvalue weighted by Crippen LogP contribution is 2.34. The second kappa shape index (κ2) is 16.3. The molecule has 0 aliphatic carbocycles. The lowest BCUT2D eigenvalue weighted by Crippen LogP contribution is -2.48. The van der Waals surface area contributed by atoms with E-state index < -0.39 is 91.6 Å². The number of carbonyl (C=O) groups excluding carboxylic acids is 4. The number of para-hydroxylation sites is 1. The number of aliphatic imine (C=N–C) groups is 1. The number of hydrogen-bond donors (Lipinski definition) is 4. The molecule has 0 aromatic heterocycles. The van der Waals surface area contributed by atoms with Crippen molar-refractivity contribution in [1.82, 2.24) is 10.0 Å². The van der Waals surface area contributed by atoms with Gasteiger partial charge in [0.2, 0.25) is 18.0 Å². The van der Waals surface area contributed by atoms with Crippen molar-refractivity contribution in [3.05, 3.63) is 65.0 Å². The molecule has 0 saturated carbocycles. The minimum atomic E-state index is -4.87. The number of nitrogens with two attached hydrogens (primary N) is 1. The van der Waals surface area contributed by atoms with E-state index in [0.29, 0.717) is 23.1 Å². The Morgan fingerprint density at radius 1 is 1.00 bits per heavy atom. The topological polar surface area (TPSA) is 152 Å². The van der Waals surface area contributed by atoms with Gasteiger partial charge in [0.05, 0.1) is 24.4 Å². The minimum Gasteiger partial charge on any atom is -0.468 e. The monoisotopic (exact) mass is 707 g/mol. The summed E-state index contributed by atoms with van der Waals surface area (Å²) in [5.74, 6) is -9.40. The number of aryl methyl sites for hydroxylation is 1. The first-order valence-electron chi connectivity index (χ1n) is 14.3. The number of hydrogen-bond acceptors (Lipinski definition) is 8. The van der Waals surface area contributed by atoms with Gasteiger partial charge in [-0.15, -0.1) is 0 Å². The van der Waals surface area contributed by atoms with Crippen LogP contribution in [0.15, 0.2) is 47.5 Å². The Kier molecular flexibility index (Phi) is 13.0. The molecule has 0 saturated heterocycles. The van der Waals surface area contributed by atoms with Gasteiger partial charge >= 0.3 is 18.3 Å². The zero-order valence-electron chi connectivity index (χ0n) is 25.5. The number of rotatable bonds is 13. The summed E-state index contributed by atoms with van der Waals surface area (Å²) in [5, 5.41) is 4.78. The molecule has 5 N–H and O–H groups in total. The van der Waals surface area contributed by atoms with E-state index in [2.05, 4.69) is 25.1 Å². The van der Waals surface area contributed by atoms with Gasteiger partial charge in [-0.25, -0.2) is 9.38 Å². The number of amides is 3. The molecule has 0 fully saturated rings. The number of ether oxygens (including phenoxy) is 1. The van der Waals surface area contributed by atoms with Gasteiger partial charge in [0.1, 0.15) is 11.9 Å². The first-order chi connectivity index (χ1) is 22.4. The molecule has 1 heterocycles. The predicted molar refractivity (Wildman–Crippen MR) is 162 cm³/mol. The number of halogens is 7. The van der Waals surface area contributed by atoms with Crippen LogP contribution in [0.5, 0.6) is 0 Å². The van der Waals surface area contributed by atoms with E-state index in [-0.39, 0.29) is 22.7 Å². The van der Waals surface area contributed by atoms with Gasteiger partial charge in [0, 0.05) is 35.6 Å². The van der Waals surface area contributed by atoms with Crippen molar-refractivity contribution < 1.29 is 54.6 Å². The van der Waals surface area contributed by atoms with Gasteiger partial charge in [0.15, 0.2) is 0 Å². The largest absolute Gasteiger partial charge is 0.468 e. The summed E-state index contributed by atoms with van der Waals surface area (Å²) in [6.07, 6.45) is -17.1. The summed E-state index contributed by atoms with van der Waals surface area (Å²) >= 11 is 0.483. The fourth-order valence-corrected chi connectivity index (χ4v) is 5.54. The number of nitrogens with one attached hydrogen (secondary N) is 3. The molecule has 2 aromatic carbocycles. The van der Waals surface area contributed by atoms with E-state index in [9.17, 15) is 49.9 Å². The Balaban J connectivity index is 2.00. The maximum Gasteiger partial charge on any atom is 0.389 e. The molecule has 3 rings (SSSR count). The molecule has 18 heteroatoms. The highest BCUT2D eigenvalue weighted by molar-refractivity contribution is 7.98. The lowest BCUT2D eigenvalue weighted by Gasteiger charge is -2.27. The molecule has 48 heavy (non-hydrogen) atoms. The van der Waals surface area contributed by atoms with Crippen LogP contribution in [0.4, 0.5) is 36.4 Å². The van der Waals surface area contributed by atoms with Gasteiger partial charge in [-0.1, -0.05) is 30.3 Å². The standard InChI is InChI=1S/C30H32F7N5O5S/c1-15-5-3-8-20-22(15)40-27(45)24(39-23(20)16-6-4-7-17(31)13-16)41-25(43)18(9-11-29(32,33)34)19(10-12-30(35,36)37)26(44)42-48-14-21(38)28(46)47-2/h3-8,13,18-19,21,24H,9-12,14,38H2,1-2H3,(H,40,45)(H,41,43)(H,42,44)/t18?,19?,21?,24-/m1/s1. The molecule has 3 unspecified atom stereocenters. The number of esters is 1. The summed E-state index contributed by atoms with van der Waals surface area (Å²) in [6, 6.07) is 8.66. The van der Waals surface area contributed by atoms with E-state index in [1.165, 1.54) is 12.1 Å². The second-order valence-corrected chi connectivity index (χ2v) is 11.6. The molecular weight excluding hydrogens is 675 g/mol.